The largest absolute Gasteiger partial charge is 0.361 e. The van der Waals surface area contributed by atoms with Crippen LogP contribution >= 0.6 is 0 Å². The molecular formula is C17H18N6O. The second-order valence-electron chi connectivity index (χ2n) is 5.73. The van der Waals surface area contributed by atoms with E-state index in [2.05, 4.69) is 26.6 Å². The van der Waals surface area contributed by atoms with Crippen LogP contribution in [-0.4, -0.2) is 29.2 Å². The van der Waals surface area contributed by atoms with Gasteiger partial charge < -0.3 is 13.7 Å². The number of hydrogen-bond acceptors (Lipinski definition) is 5. The Hall–Kier alpha value is -2.96. The Morgan fingerprint density at radius 3 is 2.92 bits per heavy atom. The molecule has 0 amide bonds. The molecule has 0 aliphatic heterocycles. The van der Waals surface area contributed by atoms with E-state index in [4.69, 9.17) is 9.51 Å². The van der Waals surface area contributed by atoms with Crippen molar-refractivity contribution in [1.82, 2.24) is 29.2 Å². The lowest BCUT2D eigenvalue weighted by Gasteiger charge is -2.09. The molecular weight excluding hydrogens is 304 g/mol. The van der Waals surface area contributed by atoms with Crippen LogP contribution in [0.25, 0.3) is 22.7 Å². The molecule has 0 saturated heterocycles. The highest BCUT2D eigenvalue weighted by atomic mass is 16.5. The lowest BCUT2D eigenvalue weighted by atomic mass is 10.3. The zero-order chi connectivity index (χ0) is 16.5. The first-order valence-corrected chi connectivity index (χ1v) is 8.01. The van der Waals surface area contributed by atoms with Crippen LogP contribution in [0.15, 0.2) is 41.3 Å². The highest BCUT2D eigenvalue weighted by Crippen LogP contribution is 2.20. The zero-order valence-corrected chi connectivity index (χ0v) is 13.7. The fraction of sp³-hybridized carbons (Fsp3) is 0.294. The van der Waals surface area contributed by atoms with Crippen LogP contribution in [0, 0.1) is 6.92 Å². The van der Waals surface area contributed by atoms with Gasteiger partial charge in [0.25, 0.3) is 0 Å². The minimum atomic E-state index is 0.609. The number of hydrogen-bond donors (Lipinski definition) is 0. The number of fused-ring (bicyclic) bond motifs is 1. The Balaban J connectivity index is 1.75. The van der Waals surface area contributed by atoms with Crippen LogP contribution in [-0.2, 0) is 13.1 Å². The summed E-state index contributed by atoms with van der Waals surface area (Å²) in [6.07, 6.45) is 6.53. The van der Waals surface area contributed by atoms with E-state index in [-0.39, 0.29) is 0 Å². The fourth-order valence-corrected chi connectivity index (χ4v) is 2.88. The maximum atomic E-state index is 5.17. The van der Waals surface area contributed by atoms with Gasteiger partial charge in [-0.25, -0.2) is 15.0 Å². The van der Waals surface area contributed by atoms with Gasteiger partial charge in [0.05, 0.1) is 6.54 Å². The van der Waals surface area contributed by atoms with Gasteiger partial charge in [-0.2, -0.15) is 0 Å². The Labute approximate surface area is 139 Å². The van der Waals surface area contributed by atoms with E-state index < -0.39 is 0 Å². The summed E-state index contributed by atoms with van der Waals surface area (Å²) in [5, 5.41) is 4.06. The average Bonchev–Trinajstić information content (AvgIpc) is 3.28. The predicted molar refractivity (Wildman–Crippen MR) is 89.4 cm³/mol. The van der Waals surface area contributed by atoms with Crippen LogP contribution in [0.5, 0.6) is 0 Å². The van der Waals surface area contributed by atoms with Gasteiger partial charge in [0.15, 0.2) is 11.5 Å². The Bertz CT molecular complexity index is 980. The first kappa shape index (κ1) is 14.6. The van der Waals surface area contributed by atoms with Gasteiger partial charge in [0.1, 0.15) is 22.8 Å². The molecule has 24 heavy (non-hydrogen) atoms. The van der Waals surface area contributed by atoms with Crippen LogP contribution in [0.1, 0.15) is 24.9 Å². The van der Waals surface area contributed by atoms with E-state index in [0.29, 0.717) is 6.54 Å². The number of nitrogens with zero attached hydrogens (tertiary/aromatic N) is 6. The highest BCUT2D eigenvalue weighted by Gasteiger charge is 2.15. The molecule has 4 rings (SSSR count). The van der Waals surface area contributed by atoms with Gasteiger partial charge in [-0.15, -0.1) is 0 Å². The molecule has 0 radical (unpaired) electrons. The third-order valence-electron chi connectivity index (χ3n) is 3.91. The summed E-state index contributed by atoms with van der Waals surface area (Å²) in [6.45, 7) is 5.52. The van der Waals surface area contributed by atoms with E-state index in [1.54, 1.807) is 12.4 Å². The summed E-state index contributed by atoms with van der Waals surface area (Å²) in [6, 6.07) is 5.79. The Morgan fingerprint density at radius 2 is 2.12 bits per heavy atom. The molecule has 4 aromatic rings. The van der Waals surface area contributed by atoms with E-state index in [0.717, 1.165) is 47.2 Å². The molecule has 4 aromatic heterocycles. The van der Waals surface area contributed by atoms with Gasteiger partial charge in [0.2, 0.25) is 0 Å². The maximum absolute atomic E-state index is 5.17. The molecule has 0 N–H and O–H groups in total. The Kier molecular flexibility index (Phi) is 3.60. The molecule has 0 atom stereocenters. The molecule has 0 saturated carbocycles. The lowest BCUT2D eigenvalue weighted by molar-refractivity contribution is 0.399. The quantitative estimate of drug-likeness (QED) is 0.564. The van der Waals surface area contributed by atoms with E-state index in [1.807, 2.05) is 35.9 Å². The predicted octanol–water partition coefficient (Wildman–Crippen LogP) is 3.05. The van der Waals surface area contributed by atoms with Crippen molar-refractivity contribution in [3.05, 3.63) is 48.4 Å². The van der Waals surface area contributed by atoms with Crippen molar-refractivity contribution in [3.8, 4) is 11.5 Å². The SMILES string of the molecule is CCCn1c(Cn2ccnc2-c2cc(C)on2)nc2cccnc21. The first-order valence-electron chi connectivity index (χ1n) is 8.01. The van der Waals surface area contributed by atoms with E-state index >= 15 is 0 Å². The molecule has 122 valence electrons. The summed E-state index contributed by atoms with van der Waals surface area (Å²) in [5.41, 5.74) is 2.57. The molecule has 0 unspecified atom stereocenters. The third-order valence-corrected chi connectivity index (χ3v) is 3.91. The standard InChI is InChI=1S/C17H18N6O/c1-3-8-23-15(20-13-5-4-6-18-17(13)23)11-22-9-7-19-16(22)14-10-12(2)24-21-14/h4-7,9-10H,3,8,11H2,1-2H3. The monoisotopic (exact) mass is 322 g/mol. The molecule has 4 heterocycles. The van der Waals surface area contributed by atoms with Gasteiger partial charge in [0, 0.05) is 31.2 Å². The van der Waals surface area contributed by atoms with Gasteiger partial charge in [-0.1, -0.05) is 12.1 Å². The summed E-state index contributed by atoms with van der Waals surface area (Å²) >= 11 is 0. The van der Waals surface area contributed by atoms with Crippen molar-refractivity contribution in [3.63, 3.8) is 0 Å². The number of rotatable bonds is 5. The summed E-state index contributed by atoms with van der Waals surface area (Å²) in [4.78, 5) is 13.6. The number of pyridine rings is 1. The van der Waals surface area contributed by atoms with Crippen molar-refractivity contribution < 1.29 is 4.52 Å². The van der Waals surface area contributed by atoms with Crippen molar-refractivity contribution >= 4 is 11.2 Å². The molecule has 0 aliphatic carbocycles. The van der Waals surface area contributed by atoms with Crippen LogP contribution in [0.3, 0.4) is 0 Å². The molecule has 7 heteroatoms. The molecule has 7 nitrogen and oxygen atoms in total. The normalized spacial score (nSPS) is 11.4. The number of imidazole rings is 2. The van der Waals surface area contributed by atoms with Gasteiger partial charge >= 0.3 is 0 Å². The van der Waals surface area contributed by atoms with E-state index in [1.165, 1.54) is 0 Å². The lowest BCUT2D eigenvalue weighted by Crippen LogP contribution is -2.09. The number of aryl methyl sites for hydroxylation is 2. The fourth-order valence-electron chi connectivity index (χ4n) is 2.88. The first-order chi connectivity index (χ1) is 11.8. The van der Waals surface area contributed by atoms with Crippen molar-refractivity contribution in [2.24, 2.45) is 0 Å². The minimum Gasteiger partial charge on any atom is -0.361 e. The third kappa shape index (κ3) is 2.47. The average molecular weight is 322 g/mol. The van der Waals surface area contributed by atoms with Crippen molar-refractivity contribution in [2.75, 3.05) is 0 Å². The molecule has 0 aromatic carbocycles. The summed E-state index contributed by atoms with van der Waals surface area (Å²) in [5.74, 6) is 2.50. The maximum Gasteiger partial charge on any atom is 0.162 e. The topological polar surface area (TPSA) is 74.6 Å². The molecule has 0 spiro atoms. The zero-order valence-electron chi connectivity index (χ0n) is 13.7. The van der Waals surface area contributed by atoms with Crippen LogP contribution in [0.2, 0.25) is 0 Å². The van der Waals surface area contributed by atoms with Crippen molar-refractivity contribution in [1.29, 1.82) is 0 Å². The van der Waals surface area contributed by atoms with Gasteiger partial charge in [-0.05, 0) is 25.5 Å². The summed E-state index contributed by atoms with van der Waals surface area (Å²) < 4.78 is 9.38. The van der Waals surface area contributed by atoms with E-state index in [9.17, 15) is 0 Å². The summed E-state index contributed by atoms with van der Waals surface area (Å²) in [7, 11) is 0. The minimum absolute atomic E-state index is 0.609. The molecule has 0 bridgehead atoms. The Morgan fingerprint density at radius 1 is 1.21 bits per heavy atom. The van der Waals surface area contributed by atoms with Gasteiger partial charge in [-0.3, -0.25) is 0 Å². The van der Waals surface area contributed by atoms with Crippen LogP contribution < -0.4 is 0 Å². The second-order valence-corrected chi connectivity index (χ2v) is 5.73. The molecule has 0 fully saturated rings. The smallest absolute Gasteiger partial charge is 0.162 e. The number of aromatic nitrogens is 6. The highest BCUT2D eigenvalue weighted by molar-refractivity contribution is 5.71. The second kappa shape index (κ2) is 5.92. The van der Waals surface area contributed by atoms with Crippen LogP contribution in [0.4, 0.5) is 0 Å². The molecule has 0 aliphatic rings. The van der Waals surface area contributed by atoms with Crippen molar-refractivity contribution in [2.45, 2.75) is 33.4 Å².